The maximum absolute atomic E-state index is 12.7. The summed E-state index contributed by atoms with van der Waals surface area (Å²) < 4.78 is 38.2. The summed E-state index contributed by atoms with van der Waals surface area (Å²) in [5.41, 5.74) is 0. The monoisotopic (exact) mass is 291 g/mol. The number of hydrogen-bond donors (Lipinski definition) is 2. The topological polar surface area (TPSA) is 70.2 Å². The molecule has 0 spiro atoms. The molecule has 0 aliphatic rings. The highest BCUT2D eigenvalue weighted by atomic mass is 19.4. The number of carbonyl (C=O) groups excluding carboxylic acids is 1. The summed E-state index contributed by atoms with van der Waals surface area (Å²) in [6, 6.07) is 1.36. The summed E-state index contributed by atoms with van der Waals surface area (Å²) in [7, 11) is 2.91. The zero-order valence-corrected chi connectivity index (χ0v) is 11.4. The smallest absolute Gasteiger partial charge is 0.373 e. The highest BCUT2D eigenvalue weighted by Gasteiger charge is 2.35. The lowest BCUT2D eigenvalue weighted by molar-refractivity contribution is -0.144. The van der Waals surface area contributed by atoms with Gasteiger partial charge in [0.15, 0.2) is 0 Å². The van der Waals surface area contributed by atoms with Crippen molar-refractivity contribution in [3.63, 3.8) is 0 Å². The number of aromatic nitrogens is 2. The van der Waals surface area contributed by atoms with Crippen LogP contribution >= 0.6 is 0 Å². The van der Waals surface area contributed by atoms with Crippen molar-refractivity contribution in [2.75, 3.05) is 37.4 Å². The number of likely N-dealkylation sites (N-methyl/N-ethyl adjacent to an activating group) is 2. The Kier molecular flexibility index (Phi) is 5.12. The molecule has 6 nitrogen and oxygen atoms in total. The van der Waals surface area contributed by atoms with Crippen molar-refractivity contribution in [3.8, 4) is 0 Å². The molecule has 0 atom stereocenters. The van der Waals surface area contributed by atoms with Crippen LogP contribution in [0.25, 0.3) is 0 Å². The van der Waals surface area contributed by atoms with Crippen LogP contribution in [0.15, 0.2) is 6.07 Å². The van der Waals surface area contributed by atoms with E-state index in [1.807, 2.05) is 0 Å². The van der Waals surface area contributed by atoms with Gasteiger partial charge in [0.05, 0.1) is 6.54 Å². The second kappa shape index (κ2) is 6.40. The van der Waals surface area contributed by atoms with Gasteiger partial charge >= 0.3 is 6.18 Å². The third-order valence-corrected chi connectivity index (χ3v) is 2.54. The minimum Gasteiger partial charge on any atom is -0.373 e. The molecule has 20 heavy (non-hydrogen) atoms. The highest BCUT2D eigenvalue weighted by Crippen LogP contribution is 2.29. The Morgan fingerprint density at radius 3 is 2.45 bits per heavy atom. The van der Waals surface area contributed by atoms with Crippen LogP contribution < -0.4 is 15.5 Å². The predicted octanol–water partition coefficient (Wildman–Crippen LogP) is 1.11. The van der Waals surface area contributed by atoms with Crippen molar-refractivity contribution >= 4 is 17.5 Å². The number of rotatable bonds is 5. The van der Waals surface area contributed by atoms with Gasteiger partial charge in [-0.25, -0.2) is 9.97 Å². The second-order valence-electron chi connectivity index (χ2n) is 3.87. The fraction of sp³-hybridized carbons (Fsp3) is 0.545. The first kappa shape index (κ1) is 16.0. The number of carbonyl (C=O) groups is 1. The van der Waals surface area contributed by atoms with Crippen molar-refractivity contribution in [2.45, 2.75) is 13.1 Å². The third kappa shape index (κ3) is 3.97. The van der Waals surface area contributed by atoms with Gasteiger partial charge in [0.1, 0.15) is 11.6 Å². The van der Waals surface area contributed by atoms with Crippen LogP contribution in [0.1, 0.15) is 12.7 Å². The van der Waals surface area contributed by atoms with Gasteiger partial charge in [0.2, 0.25) is 11.7 Å². The number of anilines is 2. The van der Waals surface area contributed by atoms with Gasteiger partial charge in [-0.2, -0.15) is 13.2 Å². The van der Waals surface area contributed by atoms with Crippen LogP contribution in [-0.4, -0.2) is 43.1 Å². The van der Waals surface area contributed by atoms with E-state index in [0.29, 0.717) is 6.54 Å². The number of halogens is 3. The van der Waals surface area contributed by atoms with E-state index in [0.717, 1.165) is 0 Å². The van der Waals surface area contributed by atoms with Crippen molar-refractivity contribution in [1.82, 2.24) is 15.3 Å². The zero-order valence-electron chi connectivity index (χ0n) is 11.4. The lowest BCUT2D eigenvalue weighted by Gasteiger charge is -2.22. The summed E-state index contributed by atoms with van der Waals surface area (Å²) in [6.45, 7) is 1.98. The summed E-state index contributed by atoms with van der Waals surface area (Å²) in [4.78, 5) is 19.6. The van der Waals surface area contributed by atoms with E-state index in [4.69, 9.17) is 0 Å². The molecule has 1 amide bonds. The Labute approximate surface area is 114 Å². The molecule has 2 N–H and O–H groups in total. The summed E-state index contributed by atoms with van der Waals surface area (Å²) >= 11 is 0. The first-order chi connectivity index (χ1) is 9.31. The van der Waals surface area contributed by atoms with Crippen LogP contribution in [0, 0.1) is 0 Å². The molecule has 0 fully saturated rings. The molecule has 1 aromatic heterocycles. The highest BCUT2D eigenvalue weighted by molar-refractivity contribution is 5.80. The fourth-order valence-electron chi connectivity index (χ4n) is 1.46. The fourth-order valence-corrected chi connectivity index (χ4v) is 1.46. The first-order valence-electron chi connectivity index (χ1n) is 5.91. The van der Waals surface area contributed by atoms with Crippen LogP contribution in [0.3, 0.4) is 0 Å². The first-order valence-corrected chi connectivity index (χ1v) is 5.91. The van der Waals surface area contributed by atoms with Gasteiger partial charge in [-0.3, -0.25) is 4.79 Å². The standard InChI is InChI=1S/C11H16F3N5O/c1-4-19(6-9(20)16-3)8-5-7(15-2)17-10(18-8)11(12,13)14/h5H,4,6H2,1-3H3,(H,16,20)(H,15,17,18). The summed E-state index contributed by atoms with van der Waals surface area (Å²) in [5.74, 6) is -1.47. The number of nitrogens with zero attached hydrogens (tertiary/aromatic N) is 3. The van der Waals surface area contributed by atoms with Crippen molar-refractivity contribution in [3.05, 3.63) is 11.9 Å². The Balaban J connectivity index is 3.17. The van der Waals surface area contributed by atoms with Gasteiger partial charge in [-0.15, -0.1) is 0 Å². The van der Waals surface area contributed by atoms with E-state index in [1.54, 1.807) is 6.92 Å². The molecule has 1 heterocycles. The molecule has 0 unspecified atom stereocenters. The van der Waals surface area contributed by atoms with Crippen molar-refractivity contribution < 1.29 is 18.0 Å². The maximum Gasteiger partial charge on any atom is 0.451 e. The van der Waals surface area contributed by atoms with Gasteiger partial charge in [0.25, 0.3) is 0 Å². The Bertz CT molecular complexity index is 478. The van der Waals surface area contributed by atoms with Gasteiger partial charge < -0.3 is 15.5 Å². The molecule has 0 bridgehead atoms. The minimum absolute atomic E-state index is 0.0395. The number of hydrogen-bond acceptors (Lipinski definition) is 5. The van der Waals surface area contributed by atoms with Gasteiger partial charge in [-0.05, 0) is 6.92 Å². The average Bonchev–Trinajstić information content (AvgIpc) is 2.42. The van der Waals surface area contributed by atoms with E-state index in [2.05, 4.69) is 20.6 Å². The quantitative estimate of drug-likeness (QED) is 0.850. The van der Waals surface area contributed by atoms with Crippen molar-refractivity contribution in [1.29, 1.82) is 0 Å². The Morgan fingerprint density at radius 1 is 1.35 bits per heavy atom. The molecule has 9 heteroatoms. The minimum atomic E-state index is -4.64. The number of nitrogens with one attached hydrogen (secondary N) is 2. The van der Waals surface area contributed by atoms with E-state index in [-0.39, 0.29) is 24.1 Å². The lowest BCUT2D eigenvalue weighted by Crippen LogP contribution is -2.36. The molecule has 0 aromatic carbocycles. The van der Waals surface area contributed by atoms with E-state index >= 15 is 0 Å². The molecule has 112 valence electrons. The molecular weight excluding hydrogens is 275 g/mol. The van der Waals surface area contributed by atoms with Crippen LogP contribution in [0.4, 0.5) is 24.8 Å². The number of alkyl halides is 3. The molecule has 1 aromatic rings. The SMILES string of the molecule is CCN(CC(=O)NC)c1cc(NC)nc(C(F)(F)F)n1. The molecular formula is C11H16F3N5O. The molecule has 0 radical (unpaired) electrons. The lowest BCUT2D eigenvalue weighted by atomic mass is 10.4. The third-order valence-electron chi connectivity index (χ3n) is 2.54. The van der Waals surface area contributed by atoms with Crippen LogP contribution in [0.5, 0.6) is 0 Å². The van der Waals surface area contributed by atoms with E-state index in [9.17, 15) is 18.0 Å². The zero-order chi connectivity index (χ0) is 15.3. The van der Waals surface area contributed by atoms with Gasteiger partial charge in [-0.1, -0.05) is 0 Å². The summed E-state index contributed by atoms with van der Waals surface area (Å²) in [6.07, 6.45) is -4.64. The maximum atomic E-state index is 12.7. The largest absolute Gasteiger partial charge is 0.451 e. The normalized spacial score (nSPS) is 11.1. The Hall–Kier alpha value is -2.06. The average molecular weight is 291 g/mol. The van der Waals surface area contributed by atoms with Crippen molar-refractivity contribution in [2.24, 2.45) is 0 Å². The predicted molar refractivity (Wildman–Crippen MR) is 68.5 cm³/mol. The Morgan fingerprint density at radius 2 is 2.00 bits per heavy atom. The molecule has 0 aliphatic carbocycles. The molecule has 0 saturated heterocycles. The van der Waals surface area contributed by atoms with E-state index < -0.39 is 12.0 Å². The summed E-state index contributed by atoms with van der Waals surface area (Å²) in [5, 5.41) is 4.96. The number of amides is 1. The van der Waals surface area contributed by atoms with Gasteiger partial charge in [0, 0.05) is 26.7 Å². The second-order valence-corrected chi connectivity index (χ2v) is 3.87. The van der Waals surface area contributed by atoms with E-state index in [1.165, 1.54) is 25.1 Å². The molecule has 0 saturated carbocycles. The molecule has 0 aliphatic heterocycles. The van der Waals surface area contributed by atoms with Crippen LogP contribution in [0.2, 0.25) is 0 Å². The molecule has 1 rings (SSSR count). The van der Waals surface area contributed by atoms with Crippen LogP contribution in [-0.2, 0) is 11.0 Å².